The fourth-order valence-corrected chi connectivity index (χ4v) is 2.91. The second-order valence-electron chi connectivity index (χ2n) is 3.92. The molecule has 0 saturated carbocycles. The minimum atomic E-state index is -0.379. The van der Waals surface area contributed by atoms with Gasteiger partial charge in [-0.25, -0.2) is 0 Å². The van der Waals surface area contributed by atoms with Crippen LogP contribution in [0.25, 0.3) is 0 Å². The van der Waals surface area contributed by atoms with E-state index in [0.29, 0.717) is 15.8 Å². The molecule has 2 aromatic carbocycles. The Balaban J connectivity index is 2.60. The third kappa shape index (κ3) is 3.04. The quantitative estimate of drug-likeness (QED) is 0.680. The van der Waals surface area contributed by atoms with E-state index in [9.17, 15) is 4.79 Å². The van der Waals surface area contributed by atoms with Crippen molar-refractivity contribution in [1.29, 1.82) is 0 Å². The Morgan fingerprint density at radius 2 is 1.55 bits per heavy atom. The van der Waals surface area contributed by atoms with Gasteiger partial charge in [0.05, 0.1) is 28.3 Å². The number of carbonyl (C=O) groups is 1. The van der Waals surface area contributed by atoms with Crippen molar-refractivity contribution in [3.63, 3.8) is 0 Å². The van der Waals surface area contributed by atoms with Crippen LogP contribution in [0, 0.1) is 0 Å². The summed E-state index contributed by atoms with van der Waals surface area (Å²) in [4.78, 5) is 12.6. The molecule has 0 aliphatic carbocycles. The van der Waals surface area contributed by atoms with Gasteiger partial charge in [0, 0.05) is 10.0 Å². The molecule has 0 bridgehead atoms. The Morgan fingerprint density at radius 1 is 0.950 bits per heavy atom. The molecule has 0 aliphatic heterocycles. The van der Waals surface area contributed by atoms with Gasteiger partial charge in [0.1, 0.15) is 5.75 Å². The van der Waals surface area contributed by atoms with Crippen molar-refractivity contribution < 1.29 is 9.53 Å². The molecule has 0 unspecified atom stereocenters. The molecule has 0 spiro atoms. The molecule has 104 valence electrons. The van der Waals surface area contributed by atoms with Crippen molar-refractivity contribution in [2.45, 2.75) is 0 Å². The van der Waals surface area contributed by atoms with Crippen molar-refractivity contribution in [1.82, 2.24) is 0 Å². The number of hydrogen-bond donors (Lipinski definition) is 0. The average Bonchev–Trinajstić information content (AvgIpc) is 2.37. The predicted octanol–water partition coefficient (Wildman–Crippen LogP) is 5.54. The van der Waals surface area contributed by atoms with Crippen molar-refractivity contribution in [2.24, 2.45) is 0 Å². The van der Waals surface area contributed by atoms with E-state index in [0.717, 1.165) is 0 Å². The number of carbonyl (C=O) groups excluding carboxylic acids is 1. The second-order valence-corrected chi connectivity index (χ2v) is 5.61. The van der Waals surface area contributed by atoms with Gasteiger partial charge in [-0.15, -0.1) is 0 Å². The number of halogens is 4. The molecular weight excluding hydrogens is 342 g/mol. The first kappa shape index (κ1) is 15.5. The maximum atomic E-state index is 12.6. The first-order valence-electron chi connectivity index (χ1n) is 5.47. The number of ketones is 1. The minimum absolute atomic E-state index is 0.165. The summed E-state index contributed by atoms with van der Waals surface area (Å²) in [5.74, 6) is 0.0116. The van der Waals surface area contributed by atoms with Crippen LogP contribution in [0.5, 0.6) is 5.75 Å². The van der Waals surface area contributed by atoms with E-state index in [4.69, 9.17) is 51.1 Å². The van der Waals surface area contributed by atoms with Crippen molar-refractivity contribution in [2.75, 3.05) is 7.11 Å². The largest absolute Gasteiger partial charge is 0.496 e. The summed E-state index contributed by atoms with van der Waals surface area (Å²) in [6.45, 7) is 0. The maximum Gasteiger partial charge on any atom is 0.199 e. The Hall–Kier alpha value is -0.930. The molecular formula is C14H8Cl4O2. The van der Waals surface area contributed by atoms with Crippen LogP contribution in [0.15, 0.2) is 30.3 Å². The molecule has 0 atom stereocenters. The molecule has 20 heavy (non-hydrogen) atoms. The fraction of sp³-hybridized carbons (Fsp3) is 0.0714. The van der Waals surface area contributed by atoms with Gasteiger partial charge < -0.3 is 4.74 Å². The van der Waals surface area contributed by atoms with E-state index in [1.807, 2.05) is 0 Å². The van der Waals surface area contributed by atoms with Gasteiger partial charge in [-0.1, -0.05) is 46.4 Å². The Kier molecular flexibility index (Phi) is 4.82. The summed E-state index contributed by atoms with van der Waals surface area (Å²) in [5, 5.41) is 1.12. The van der Waals surface area contributed by atoms with Crippen molar-refractivity contribution in [3.8, 4) is 5.75 Å². The lowest BCUT2D eigenvalue weighted by Gasteiger charge is -2.11. The van der Waals surface area contributed by atoms with E-state index < -0.39 is 0 Å². The SMILES string of the molecule is COc1ccc(Cl)cc1C(=O)c1c(Cl)cc(Cl)cc1Cl. The lowest BCUT2D eigenvalue weighted by Crippen LogP contribution is -2.06. The summed E-state index contributed by atoms with van der Waals surface area (Å²) >= 11 is 23.8. The Labute approximate surface area is 136 Å². The summed E-state index contributed by atoms with van der Waals surface area (Å²) in [7, 11) is 1.46. The third-order valence-corrected chi connectivity index (χ3v) is 3.69. The number of ether oxygens (including phenoxy) is 1. The standard InChI is InChI=1S/C14H8Cl4O2/c1-20-12-3-2-7(15)4-9(12)14(19)13-10(17)5-8(16)6-11(13)18/h2-6H,1H3. The molecule has 0 aliphatic rings. The van der Waals surface area contributed by atoms with Gasteiger partial charge in [0.2, 0.25) is 0 Å². The van der Waals surface area contributed by atoms with Crippen LogP contribution < -0.4 is 4.74 Å². The number of rotatable bonds is 3. The highest BCUT2D eigenvalue weighted by atomic mass is 35.5. The lowest BCUT2D eigenvalue weighted by atomic mass is 10.0. The predicted molar refractivity (Wildman–Crippen MR) is 82.9 cm³/mol. The smallest absolute Gasteiger partial charge is 0.199 e. The van der Waals surface area contributed by atoms with E-state index in [2.05, 4.69) is 0 Å². The minimum Gasteiger partial charge on any atom is -0.496 e. The van der Waals surface area contributed by atoms with Crippen molar-refractivity contribution in [3.05, 3.63) is 61.5 Å². The zero-order chi connectivity index (χ0) is 14.9. The van der Waals surface area contributed by atoms with Crippen LogP contribution in [0.4, 0.5) is 0 Å². The van der Waals surface area contributed by atoms with Crippen LogP contribution in [0.3, 0.4) is 0 Å². The highest BCUT2D eigenvalue weighted by molar-refractivity contribution is 6.43. The number of hydrogen-bond acceptors (Lipinski definition) is 2. The monoisotopic (exact) mass is 348 g/mol. The highest BCUT2D eigenvalue weighted by Gasteiger charge is 2.21. The molecule has 0 fully saturated rings. The van der Waals surface area contributed by atoms with Gasteiger partial charge in [-0.2, -0.15) is 0 Å². The van der Waals surface area contributed by atoms with Gasteiger partial charge >= 0.3 is 0 Å². The van der Waals surface area contributed by atoms with Crippen LogP contribution >= 0.6 is 46.4 Å². The lowest BCUT2D eigenvalue weighted by molar-refractivity contribution is 0.103. The normalized spacial score (nSPS) is 10.4. The molecule has 0 saturated heterocycles. The Bertz CT molecular complexity index is 660. The van der Waals surface area contributed by atoms with Crippen LogP contribution in [0.1, 0.15) is 15.9 Å². The molecule has 0 radical (unpaired) electrons. The molecule has 0 amide bonds. The van der Waals surface area contributed by atoms with Crippen molar-refractivity contribution >= 4 is 52.2 Å². The van der Waals surface area contributed by atoms with Crippen LogP contribution in [-0.2, 0) is 0 Å². The van der Waals surface area contributed by atoms with Gasteiger partial charge in [0.25, 0.3) is 0 Å². The first-order valence-corrected chi connectivity index (χ1v) is 6.98. The van der Waals surface area contributed by atoms with Gasteiger partial charge in [0.15, 0.2) is 5.78 Å². The van der Waals surface area contributed by atoms with Gasteiger partial charge in [-0.3, -0.25) is 4.79 Å². The summed E-state index contributed by atoms with van der Waals surface area (Å²) in [5.41, 5.74) is 0.449. The second kappa shape index (κ2) is 6.23. The van der Waals surface area contributed by atoms with E-state index in [1.165, 1.54) is 25.3 Å². The third-order valence-electron chi connectivity index (χ3n) is 2.64. The average molecular weight is 350 g/mol. The molecule has 0 aromatic heterocycles. The maximum absolute atomic E-state index is 12.6. The van der Waals surface area contributed by atoms with Crippen LogP contribution in [-0.4, -0.2) is 12.9 Å². The zero-order valence-electron chi connectivity index (χ0n) is 10.2. The molecule has 2 aromatic rings. The van der Waals surface area contributed by atoms with Crippen LogP contribution in [0.2, 0.25) is 20.1 Å². The molecule has 0 N–H and O–H groups in total. The van der Waals surface area contributed by atoms with Gasteiger partial charge in [-0.05, 0) is 30.3 Å². The first-order chi connectivity index (χ1) is 9.43. The number of methoxy groups -OCH3 is 1. The van der Waals surface area contributed by atoms with E-state index in [1.54, 1.807) is 12.1 Å². The molecule has 0 heterocycles. The summed E-state index contributed by atoms with van der Waals surface area (Å²) in [6.07, 6.45) is 0. The fourth-order valence-electron chi connectivity index (χ4n) is 1.75. The molecule has 2 rings (SSSR count). The Morgan fingerprint density at radius 3 is 2.10 bits per heavy atom. The molecule has 6 heteroatoms. The topological polar surface area (TPSA) is 26.3 Å². The summed E-state index contributed by atoms with van der Waals surface area (Å²) in [6, 6.07) is 7.65. The molecule has 2 nitrogen and oxygen atoms in total. The summed E-state index contributed by atoms with van der Waals surface area (Å²) < 4.78 is 5.15. The zero-order valence-corrected chi connectivity index (χ0v) is 13.2. The van der Waals surface area contributed by atoms with E-state index >= 15 is 0 Å². The highest BCUT2D eigenvalue weighted by Crippen LogP contribution is 2.33. The number of benzene rings is 2. The van der Waals surface area contributed by atoms with E-state index in [-0.39, 0.29) is 27.0 Å².